The second-order valence-electron chi connectivity index (χ2n) is 5.58. The van der Waals surface area contributed by atoms with Gasteiger partial charge in [0.15, 0.2) is 0 Å². The summed E-state index contributed by atoms with van der Waals surface area (Å²) in [6.45, 7) is 2.25. The first-order chi connectivity index (χ1) is 9.33. The summed E-state index contributed by atoms with van der Waals surface area (Å²) in [7, 11) is 0. The van der Waals surface area contributed by atoms with Crippen molar-refractivity contribution in [2.24, 2.45) is 5.73 Å². The first-order valence-electron chi connectivity index (χ1n) is 6.96. The van der Waals surface area contributed by atoms with Crippen LogP contribution in [0, 0.1) is 0 Å². The van der Waals surface area contributed by atoms with Crippen LogP contribution in [0.3, 0.4) is 0 Å². The summed E-state index contributed by atoms with van der Waals surface area (Å²) in [5.41, 5.74) is 10.6. The Kier molecular flexibility index (Phi) is 2.72. The van der Waals surface area contributed by atoms with Gasteiger partial charge < -0.3 is 5.73 Å². The Hall–Kier alpha value is -1.16. The van der Waals surface area contributed by atoms with Gasteiger partial charge in [0, 0.05) is 30.1 Å². The van der Waals surface area contributed by atoms with E-state index in [4.69, 9.17) is 5.73 Å². The zero-order chi connectivity index (χ0) is 12.8. The maximum Gasteiger partial charge on any atom is 0.0373 e. The molecular formula is C16H18N2S. The van der Waals surface area contributed by atoms with Crippen LogP contribution in [0.1, 0.15) is 40.1 Å². The summed E-state index contributed by atoms with van der Waals surface area (Å²) in [5, 5.41) is 2.22. The van der Waals surface area contributed by atoms with E-state index in [9.17, 15) is 0 Å². The van der Waals surface area contributed by atoms with E-state index in [0.717, 1.165) is 13.0 Å². The molecule has 2 nitrogen and oxygen atoms in total. The van der Waals surface area contributed by atoms with Gasteiger partial charge in [0.05, 0.1) is 0 Å². The first kappa shape index (κ1) is 11.6. The number of hydrogen-bond acceptors (Lipinski definition) is 3. The smallest absolute Gasteiger partial charge is 0.0373 e. The summed E-state index contributed by atoms with van der Waals surface area (Å²) in [5.74, 6) is 0. The van der Waals surface area contributed by atoms with E-state index < -0.39 is 0 Å². The predicted octanol–water partition coefficient (Wildman–Crippen LogP) is 3.25. The van der Waals surface area contributed by atoms with Crippen LogP contribution in [0.2, 0.25) is 0 Å². The third kappa shape index (κ3) is 1.84. The van der Waals surface area contributed by atoms with Crippen LogP contribution in [0.4, 0.5) is 0 Å². The van der Waals surface area contributed by atoms with Crippen molar-refractivity contribution in [1.82, 2.24) is 4.90 Å². The fourth-order valence-electron chi connectivity index (χ4n) is 3.53. The number of nitrogens with two attached hydrogens (primary N) is 1. The average Bonchev–Trinajstić information content (AvgIpc) is 3.03. The molecule has 3 heteroatoms. The van der Waals surface area contributed by atoms with E-state index in [1.165, 1.54) is 29.7 Å². The van der Waals surface area contributed by atoms with Gasteiger partial charge >= 0.3 is 0 Å². The molecule has 2 heterocycles. The van der Waals surface area contributed by atoms with Crippen molar-refractivity contribution in [2.75, 3.05) is 6.54 Å². The molecule has 1 aromatic heterocycles. The number of nitrogens with zero attached hydrogens (tertiary/aromatic N) is 1. The average molecular weight is 270 g/mol. The normalized spacial score (nSPS) is 26.2. The molecule has 0 spiro atoms. The molecule has 1 aliphatic heterocycles. The molecule has 0 saturated carbocycles. The highest BCUT2D eigenvalue weighted by molar-refractivity contribution is 7.10. The number of fused-ring (bicyclic) bond motifs is 2. The van der Waals surface area contributed by atoms with E-state index in [1.807, 2.05) is 11.3 Å². The van der Waals surface area contributed by atoms with E-state index in [1.54, 1.807) is 4.88 Å². The molecule has 1 aromatic carbocycles. The van der Waals surface area contributed by atoms with E-state index in [0.29, 0.717) is 6.04 Å². The molecule has 0 saturated heterocycles. The van der Waals surface area contributed by atoms with Gasteiger partial charge in [0.25, 0.3) is 0 Å². The minimum atomic E-state index is 0.213. The Morgan fingerprint density at radius 2 is 2.00 bits per heavy atom. The van der Waals surface area contributed by atoms with Crippen molar-refractivity contribution in [3.8, 4) is 0 Å². The molecule has 2 aromatic rings. The summed E-state index contributed by atoms with van der Waals surface area (Å²) < 4.78 is 0. The zero-order valence-corrected chi connectivity index (χ0v) is 11.7. The Labute approximate surface area is 117 Å². The summed E-state index contributed by atoms with van der Waals surface area (Å²) in [4.78, 5) is 4.19. The van der Waals surface area contributed by atoms with Gasteiger partial charge in [-0.05, 0) is 41.0 Å². The number of thiophene rings is 1. The van der Waals surface area contributed by atoms with Crippen molar-refractivity contribution in [1.29, 1.82) is 0 Å². The topological polar surface area (TPSA) is 29.3 Å². The third-order valence-corrected chi connectivity index (χ3v) is 5.53. The largest absolute Gasteiger partial charge is 0.324 e. The molecule has 19 heavy (non-hydrogen) atoms. The molecule has 4 rings (SSSR count). The molecule has 0 amide bonds. The van der Waals surface area contributed by atoms with Crippen LogP contribution in [-0.4, -0.2) is 11.4 Å². The molecule has 98 valence electrons. The molecule has 2 aliphatic rings. The molecule has 2 N–H and O–H groups in total. The molecule has 1 aliphatic carbocycles. The first-order valence-corrected chi connectivity index (χ1v) is 7.84. The monoisotopic (exact) mass is 270 g/mol. The van der Waals surface area contributed by atoms with Crippen molar-refractivity contribution in [3.63, 3.8) is 0 Å². The van der Waals surface area contributed by atoms with Crippen molar-refractivity contribution in [2.45, 2.75) is 31.5 Å². The van der Waals surface area contributed by atoms with Crippen LogP contribution in [0.5, 0.6) is 0 Å². The fourth-order valence-corrected chi connectivity index (χ4v) is 4.42. The highest BCUT2D eigenvalue weighted by atomic mass is 32.1. The Bertz CT molecular complexity index is 604. The van der Waals surface area contributed by atoms with Gasteiger partial charge in [0.1, 0.15) is 0 Å². The van der Waals surface area contributed by atoms with Gasteiger partial charge in [-0.3, -0.25) is 4.90 Å². The highest BCUT2D eigenvalue weighted by Gasteiger charge is 2.33. The fraction of sp³-hybridized carbons (Fsp3) is 0.375. The van der Waals surface area contributed by atoms with Crippen LogP contribution >= 0.6 is 11.3 Å². The molecule has 2 atom stereocenters. The van der Waals surface area contributed by atoms with Gasteiger partial charge in [-0.15, -0.1) is 11.3 Å². The van der Waals surface area contributed by atoms with Crippen LogP contribution in [-0.2, 0) is 13.0 Å². The zero-order valence-electron chi connectivity index (χ0n) is 10.9. The van der Waals surface area contributed by atoms with Gasteiger partial charge in [-0.2, -0.15) is 0 Å². The lowest BCUT2D eigenvalue weighted by molar-refractivity contribution is 0.175. The second-order valence-corrected chi connectivity index (χ2v) is 6.58. The molecule has 0 radical (unpaired) electrons. The van der Waals surface area contributed by atoms with Gasteiger partial charge in [-0.25, -0.2) is 0 Å². The van der Waals surface area contributed by atoms with E-state index in [-0.39, 0.29) is 6.04 Å². The summed E-state index contributed by atoms with van der Waals surface area (Å²) >= 11 is 1.90. The molecular weight excluding hydrogens is 252 g/mol. The van der Waals surface area contributed by atoms with Gasteiger partial charge in [-0.1, -0.05) is 24.3 Å². The maximum absolute atomic E-state index is 6.29. The van der Waals surface area contributed by atoms with Crippen LogP contribution < -0.4 is 5.73 Å². The quantitative estimate of drug-likeness (QED) is 0.862. The predicted molar refractivity (Wildman–Crippen MR) is 79.2 cm³/mol. The van der Waals surface area contributed by atoms with Crippen molar-refractivity contribution in [3.05, 3.63) is 57.3 Å². The highest BCUT2D eigenvalue weighted by Crippen LogP contribution is 2.42. The molecule has 2 unspecified atom stereocenters. The lowest BCUT2D eigenvalue weighted by Crippen LogP contribution is -2.32. The minimum absolute atomic E-state index is 0.213. The van der Waals surface area contributed by atoms with Gasteiger partial charge in [0.2, 0.25) is 0 Å². The Morgan fingerprint density at radius 3 is 2.89 bits per heavy atom. The van der Waals surface area contributed by atoms with E-state index >= 15 is 0 Å². The third-order valence-electron chi connectivity index (χ3n) is 4.51. The SMILES string of the molecule is NC1CC(N2CCc3sccc3C2)c2ccccc21. The summed E-state index contributed by atoms with van der Waals surface area (Å²) in [6, 6.07) is 11.7. The molecule has 0 fully saturated rings. The number of hydrogen-bond donors (Lipinski definition) is 1. The Morgan fingerprint density at radius 1 is 1.16 bits per heavy atom. The van der Waals surface area contributed by atoms with Crippen LogP contribution in [0.25, 0.3) is 0 Å². The van der Waals surface area contributed by atoms with Crippen molar-refractivity contribution < 1.29 is 0 Å². The second kappa shape index (κ2) is 4.44. The van der Waals surface area contributed by atoms with Crippen molar-refractivity contribution >= 4 is 11.3 Å². The number of benzene rings is 1. The lowest BCUT2D eigenvalue weighted by Gasteiger charge is -2.33. The Balaban J connectivity index is 1.65. The number of rotatable bonds is 1. The lowest BCUT2D eigenvalue weighted by atomic mass is 10.0. The standard InChI is InChI=1S/C16H18N2S/c17-14-9-15(13-4-2-1-3-12(13)14)18-7-5-16-11(10-18)6-8-19-16/h1-4,6,8,14-15H,5,7,9-10,17H2. The maximum atomic E-state index is 6.29. The van der Waals surface area contributed by atoms with Crippen LogP contribution in [0.15, 0.2) is 35.7 Å². The molecule has 0 bridgehead atoms. The minimum Gasteiger partial charge on any atom is -0.324 e. The van der Waals surface area contributed by atoms with E-state index in [2.05, 4.69) is 40.6 Å². The summed E-state index contributed by atoms with van der Waals surface area (Å²) in [6.07, 6.45) is 2.26.